The lowest BCUT2D eigenvalue weighted by atomic mass is 10.0. The molecule has 2 heterocycles. The molecule has 0 N–H and O–H groups in total. The van der Waals surface area contributed by atoms with Crippen LogP contribution in [0, 0.1) is 0 Å². The van der Waals surface area contributed by atoms with Gasteiger partial charge in [0.2, 0.25) is 10.0 Å². The van der Waals surface area contributed by atoms with Crippen molar-refractivity contribution in [1.82, 2.24) is 8.87 Å². The highest BCUT2D eigenvalue weighted by Gasteiger charge is 2.27. The molecule has 1 aliphatic rings. The molecular weight excluding hydrogens is 348 g/mol. The second kappa shape index (κ2) is 6.37. The van der Waals surface area contributed by atoms with Crippen LogP contribution in [0.5, 0.6) is 0 Å². The normalized spacial score (nSPS) is 15.6. The molecule has 0 radical (unpaired) electrons. The molecule has 4 rings (SSSR count). The molecule has 0 aliphatic carbocycles. The van der Waals surface area contributed by atoms with Crippen molar-refractivity contribution in [3.63, 3.8) is 0 Å². The van der Waals surface area contributed by atoms with Crippen molar-refractivity contribution in [3.05, 3.63) is 65.1 Å². The van der Waals surface area contributed by atoms with Crippen LogP contribution < -0.4 is 5.56 Å². The van der Waals surface area contributed by atoms with Crippen molar-refractivity contribution >= 4 is 20.8 Å². The van der Waals surface area contributed by atoms with Crippen LogP contribution >= 0.6 is 0 Å². The zero-order valence-electron chi connectivity index (χ0n) is 14.6. The molecule has 26 heavy (non-hydrogen) atoms. The average molecular weight is 368 g/mol. The molecule has 6 heteroatoms. The molecule has 1 fully saturated rings. The van der Waals surface area contributed by atoms with Crippen molar-refractivity contribution in [2.24, 2.45) is 7.05 Å². The van der Waals surface area contributed by atoms with Crippen molar-refractivity contribution in [3.8, 4) is 11.1 Å². The summed E-state index contributed by atoms with van der Waals surface area (Å²) in [7, 11) is -1.76. The highest BCUT2D eigenvalue weighted by Crippen LogP contribution is 2.30. The minimum atomic E-state index is -3.48. The number of aryl methyl sites for hydroxylation is 1. The summed E-state index contributed by atoms with van der Waals surface area (Å²) >= 11 is 0. The predicted molar refractivity (Wildman–Crippen MR) is 103 cm³/mol. The number of hydrogen-bond donors (Lipinski definition) is 0. The SMILES string of the molecule is Cn1cc(-c2cccc(S(=O)(=O)N3CCCC3)c2)c2ccccc2c1=O. The number of aromatic nitrogens is 1. The van der Waals surface area contributed by atoms with Gasteiger partial charge in [0.25, 0.3) is 5.56 Å². The zero-order valence-corrected chi connectivity index (χ0v) is 15.4. The Balaban J connectivity index is 1.90. The lowest BCUT2D eigenvalue weighted by molar-refractivity contribution is 0.477. The van der Waals surface area contributed by atoms with Gasteiger partial charge in [-0.15, -0.1) is 0 Å². The van der Waals surface area contributed by atoms with E-state index in [1.807, 2.05) is 24.3 Å². The van der Waals surface area contributed by atoms with E-state index < -0.39 is 10.0 Å². The summed E-state index contributed by atoms with van der Waals surface area (Å²) in [4.78, 5) is 12.7. The van der Waals surface area contributed by atoms with Gasteiger partial charge in [0, 0.05) is 37.3 Å². The minimum absolute atomic E-state index is 0.0646. The Kier molecular flexibility index (Phi) is 4.17. The van der Waals surface area contributed by atoms with Crippen LogP contribution in [0.4, 0.5) is 0 Å². The Morgan fingerprint density at radius 1 is 0.923 bits per heavy atom. The van der Waals surface area contributed by atoms with E-state index in [2.05, 4.69) is 0 Å². The molecular formula is C20H20N2O3S. The van der Waals surface area contributed by atoms with Crippen molar-refractivity contribution in [2.45, 2.75) is 17.7 Å². The van der Waals surface area contributed by atoms with Crippen LogP contribution in [0.2, 0.25) is 0 Å². The third-order valence-electron chi connectivity index (χ3n) is 4.94. The predicted octanol–water partition coefficient (Wildman–Crippen LogP) is 2.99. The van der Waals surface area contributed by atoms with Gasteiger partial charge in [0.05, 0.1) is 4.90 Å². The maximum Gasteiger partial charge on any atom is 0.258 e. The third-order valence-corrected chi connectivity index (χ3v) is 6.83. The average Bonchev–Trinajstić information content (AvgIpc) is 3.20. The summed E-state index contributed by atoms with van der Waals surface area (Å²) in [5, 5.41) is 1.45. The lowest BCUT2D eigenvalue weighted by Crippen LogP contribution is -2.27. The quantitative estimate of drug-likeness (QED) is 0.714. The van der Waals surface area contributed by atoms with Crippen molar-refractivity contribution in [2.75, 3.05) is 13.1 Å². The smallest absolute Gasteiger partial charge is 0.258 e. The Bertz CT molecular complexity index is 1140. The first-order valence-electron chi connectivity index (χ1n) is 8.67. The topological polar surface area (TPSA) is 59.4 Å². The number of nitrogens with zero attached hydrogens (tertiary/aromatic N) is 2. The molecule has 0 spiro atoms. The second-order valence-corrected chi connectivity index (χ2v) is 8.58. The van der Waals surface area contributed by atoms with E-state index in [0.29, 0.717) is 23.4 Å². The van der Waals surface area contributed by atoms with Gasteiger partial charge in [-0.3, -0.25) is 4.79 Å². The zero-order chi connectivity index (χ0) is 18.3. The number of benzene rings is 2. The highest BCUT2D eigenvalue weighted by atomic mass is 32.2. The number of pyridine rings is 1. The standard InChI is InChI=1S/C20H20N2O3S/c1-21-14-19(17-9-2-3-10-18(17)20(21)23)15-7-6-8-16(13-15)26(24,25)22-11-4-5-12-22/h2-3,6-10,13-14H,4-5,11-12H2,1H3. The maximum absolute atomic E-state index is 12.9. The summed E-state index contributed by atoms with van der Waals surface area (Å²) in [6, 6.07) is 14.4. The van der Waals surface area contributed by atoms with E-state index in [9.17, 15) is 13.2 Å². The first kappa shape index (κ1) is 17.0. The molecule has 134 valence electrons. The summed E-state index contributed by atoms with van der Waals surface area (Å²) < 4.78 is 28.8. The molecule has 0 saturated carbocycles. The van der Waals surface area contributed by atoms with E-state index in [1.54, 1.807) is 46.4 Å². The van der Waals surface area contributed by atoms with Gasteiger partial charge >= 0.3 is 0 Å². The van der Waals surface area contributed by atoms with E-state index in [4.69, 9.17) is 0 Å². The van der Waals surface area contributed by atoms with Crippen LogP contribution in [0.3, 0.4) is 0 Å². The molecule has 5 nitrogen and oxygen atoms in total. The summed E-state index contributed by atoms with van der Waals surface area (Å²) in [6.45, 7) is 1.16. The van der Waals surface area contributed by atoms with Crippen molar-refractivity contribution < 1.29 is 8.42 Å². The number of rotatable bonds is 3. The molecule has 0 bridgehead atoms. The maximum atomic E-state index is 12.9. The largest absolute Gasteiger partial charge is 0.317 e. The molecule has 1 saturated heterocycles. The Morgan fingerprint density at radius 3 is 2.35 bits per heavy atom. The van der Waals surface area contributed by atoms with E-state index >= 15 is 0 Å². The first-order valence-corrected chi connectivity index (χ1v) is 10.1. The fourth-order valence-corrected chi connectivity index (χ4v) is 5.11. The van der Waals surface area contributed by atoms with Gasteiger partial charge < -0.3 is 4.57 Å². The molecule has 0 amide bonds. The van der Waals surface area contributed by atoms with Crippen LogP contribution in [0.25, 0.3) is 21.9 Å². The lowest BCUT2D eigenvalue weighted by Gasteiger charge is -2.16. The van der Waals surface area contributed by atoms with Crippen LogP contribution in [-0.4, -0.2) is 30.4 Å². The van der Waals surface area contributed by atoms with Crippen molar-refractivity contribution in [1.29, 1.82) is 0 Å². The molecule has 2 aromatic carbocycles. The summed E-state index contributed by atoms with van der Waals surface area (Å²) in [6.07, 6.45) is 3.58. The molecule has 0 unspecified atom stereocenters. The number of hydrogen-bond acceptors (Lipinski definition) is 3. The van der Waals surface area contributed by atoms with Gasteiger partial charge in [-0.25, -0.2) is 8.42 Å². The van der Waals surface area contributed by atoms with Crippen LogP contribution in [0.15, 0.2) is 64.4 Å². The van der Waals surface area contributed by atoms with Gasteiger partial charge in [0.15, 0.2) is 0 Å². The number of sulfonamides is 1. The monoisotopic (exact) mass is 368 g/mol. The minimum Gasteiger partial charge on any atom is -0.317 e. The first-order chi connectivity index (χ1) is 12.5. The Labute approximate surface area is 152 Å². The fraction of sp³-hybridized carbons (Fsp3) is 0.250. The van der Waals surface area contributed by atoms with Gasteiger partial charge in [-0.1, -0.05) is 30.3 Å². The molecule has 0 atom stereocenters. The van der Waals surface area contributed by atoms with E-state index in [-0.39, 0.29) is 5.56 Å². The van der Waals surface area contributed by atoms with Crippen LogP contribution in [0.1, 0.15) is 12.8 Å². The molecule has 1 aromatic heterocycles. The summed E-state index contributed by atoms with van der Waals surface area (Å²) in [5.41, 5.74) is 1.57. The Hall–Kier alpha value is -2.44. The van der Waals surface area contributed by atoms with E-state index in [0.717, 1.165) is 29.4 Å². The fourth-order valence-electron chi connectivity index (χ4n) is 3.55. The Morgan fingerprint density at radius 2 is 1.62 bits per heavy atom. The second-order valence-electron chi connectivity index (χ2n) is 6.64. The highest BCUT2D eigenvalue weighted by molar-refractivity contribution is 7.89. The van der Waals surface area contributed by atoms with Gasteiger partial charge in [-0.05, 0) is 42.0 Å². The third kappa shape index (κ3) is 2.75. The number of fused-ring (bicyclic) bond motifs is 1. The molecule has 1 aliphatic heterocycles. The van der Waals surface area contributed by atoms with Crippen LogP contribution in [-0.2, 0) is 17.1 Å². The summed E-state index contributed by atoms with van der Waals surface area (Å²) in [5.74, 6) is 0. The molecule has 3 aromatic rings. The van der Waals surface area contributed by atoms with E-state index in [1.165, 1.54) is 0 Å². The van der Waals surface area contributed by atoms with Gasteiger partial charge in [0.1, 0.15) is 0 Å². The van der Waals surface area contributed by atoms with Gasteiger partial charge in [-0.2, -0.15) is 4.31 Å².